The second-order valence-electron chi connectivity index (χ2n) is 7.68. The molecule has 0 spiro atoms. The maximum atomic E-state index is 12.6. The van der Waals surface area contributed by atoms with Crippen LogP contribution >= 0.6 is 11.3 Å². The highest BCUT2D eigenvalue weighted by Crippen LogP contribution is 2.17. The number of hydrogen-bond acceptors (Lipinski definition) is 6. The van der Waals surface area contributed by atoms with E-state index in [1.807, 2.05) is 18.7 Å². The third-order valence-corrected chi connectivity index (χ3v) is 8.72. The van der Waals surface area contributed by atoms with Gasteiger partial charge in [-0.3, -0.25) is 9.69 Å². The van der Waals surface area contributed by atoms with Crippen molar-refractivity contribution in [2.45, 2.75) is 38.6 Å². The second-order valence-corrected chi connectivity index (χ2v) is 10.6. The Labute approximate surface area is 195 Å². The molecule has 174 valence electrons. The van der Waals surface area contributed by atoms with E-state index in [2.05, 4.69) is 22.2 Å². The van der Waals surface area contributed by atoms with E-state index in [4.69, 9.17) is 0 Å². The number of aromatic nitrogens is 1. The Hall–Kier alpha value is -2.07. The zero-order chi connectivity index (χ0) is 23.1. The number of benzene rings is 1. The average molecular weight is 477 g/mol. The summed E-state index contributed by atoms with van der Waals surface area (Å²) in [4.78, 5) is 21.7. The highest BCUT2D eigenvalue weighted by molar-refractivity contribution is 7.89. The number of sulfonamides is 1. The molecule has 1 aromatic heterocycles. The summed E-state index contributed by atoms with van der Waals surface area (Å²) in [5.74, 6) is -0.0218. The quantitative estimate of drug-likeness (QED) is 0.520. The number of carbonyl (C=O) groups is 1. The van der Waals surface area contributed by atoms with Crippen molar-refractivity contribution >= 4 is 33.3 Å². The van der Waals surface area contributed by atoms with Crippen LogP contribution in [-0.4, -0.2) is 72.7 Å². The first-order valence-electron chi connectivity index (χ1n) is 11.1. The SMILES string of the molecule is CCc1nc(CN2CCN(C(=O)/C=C/c3ccc(S(=O)(=O)N(CC)CC)cc3)CC2)cs1. The fraction of sp³-hybridized carbons (Fsp3) is 0.478. The van der Waals surface area contributed by atoms with Gasteiger partial charge in [0.2, 0.25) is 15.9 Å². The predicted molar refractivity (Wildman–Crippen MR) is 129 cm³/mol. The second kappa shape index (κ2) is 11.2. The van der Waals surface area contributed by atoms with Gasteiger partial charge in [-0.15, -0.1) is 11.3 Å². The Morgan fingerprint density at radius 2 is 1.75 bits per heavy atom. The molecule has 2 heterocycles. The fourth-order valence-electron chi connectivity index (χ4n) is 3.68. The van der Waals surface area contributed by atoms with E-state index < -0.39 is 10.0 Å². The number of rotatable bonds is 9. The van der Waals surface area contributed by atoms with Gasteiger partial charge in [0, 0.05) is 57.3 Å². The molecule has 2 aromatic rings. The number of amides is 1. The topological polar surface area (TPSA) is 73.8 Å². The van der Waals surface area contributed by atoms with E-state index in [1.54, 1.807) is 47.8 Å². The van der Waals surface area contributed by atoms with Crippen LogP contribution in [0.2, 0.25) is 0 Å². The van der Waals surface area contributed by atoms with Crippen molar-refractivity contribution in [3.05, 3.63) is 52.0 Å². The van der Waals surface area contributed by atoms with Crippen molar-refractivity contribution in [2.24, 2.45) is 0 Å². The number of carbonyl (C=O) groups excluding carboxylic acids is 1. The molecule has 1 aromatic carbocycles. The third kappa shape index (κ3) is 6.04. The molecule has 0 N–H and O–H groups in total. The largest absolute Gasteiger partial charge is 0.337 e. The van der Waals surface area contributed by atoms with Crippen molar-refractivity contribution in [3.8, 4) is 0 Å². The van der Waals surface area contributed by atoms with E-state index in [-0.39, 0.29) is 10.8 Å². The van der Waals surface area contributed by atoms with Crippen LogP contribution in [0.25, 0.3) is 6.08 Å². The minimum atomic E-state index is -3.47. The van der Waals surface area contributed by atoms with Crippen molar-refractivity contribution in [3.63, 3.8) is 0 Å². The van der Waals surface area contributed by atoms with Gasteiger partial charge >= 0.3 is 0 Å². The number of hydrogen-bond donors (Lipinski definition) is 0. The Morgan fingerprint density at radius 3 is 2.31 bits per heavy atom. The lowest BCUT2D eigenvalue weighted by atomic mass is 10.2. The van der Waals surface area contributed by atoms with Gasteiger partial charge in [0.25, 0.3) is 0 Å². The van der Waals surface area contributed by atoms with Crippen LogP contribution < -0.4 is 0 Å². The van der Waals surface area contributed by atoms with Crippen LogP contribution in [0, 0.1) is 0 Å². The third-order valence-electron chi connectivity index (χ3n) is 5.61. The lowest BCUT2D eigenvalue weighted by Crippen LogP contribution is -2.47. The van der Waals surface area contributed by atoms with Gasteiger partial charge in [0.05, 0.1) is 15.6 Å². The number of piperazine rings is 1. The molecule has 0 atom stereocenters. The maximum absolute atomic E-state index is 12.6. The maximum Gasteiger partial charge on any atom is 0.246 e. The number of nitrogens with zero attached hydrogens (tertiary/aromatic N) is 4. The predicted octanol–water partition coefficient (Wildman–Crippen LogP) is 3.09. The first kappa shape index (κ1) is 24.6. The van der Waals surface area contributed by atoms with Gasteiger partial charge < -0.3 is 4.90 Å². The molecule has 0 radical (unpaired) electrons. The minimum absolute atomic E-state index is 0.0218. The molecule has 0 unspecified atom stereocenters. The summed E-state index contributed by atoms with van der Waals surface area (Å²) in [6.45, 7) is 10.5. The normalized spacial score (nSPS) is 15.7. The molecule has 9 heteroatoms. The Morgan fingerprint density at radius 1 is 1.09 bits per heavy atom. The van der Waals surface area contributed by atoms with Crippen LogP contribution in [-0.2, 0) is 27.8 Å². The Balaban J connectivity index is 1.52. The molecular formula is C23H32N4O3S2. The summed E-state index contributed by atoms with van der Waals surface area (Å²) < 4.78 is 26.6. The van der Waals surface area contributed by atoms with Crippen LogP contribution in [0.1, 0.15) is 37.0 Å². The van der Waals surface area contributed by atoms with E-state index >= 15 is 0 Å². The summed E-state index contributed by atoms with van der Waals surface area (Å²) in [6, 6.07) is 6.66. The van der Waals surface area contributed by atoms with Crippen LogP contribution in [0.5, 0.6) is 0 Å². The fourth-order valence-corrected chi connectivity index (χ4v) is 5.87. The van der Waals surface area contributed by atoms with Gasteiger partial charge in [-0.25, -0.2) is 13.4 Å². The summed E-state index contributed by atoms with van der Waals surface area (Å²) in [5.41, 5.74) is 1.91. The van der Waals surface area contributed by atoms with Gasteiger partial charge in [0.1, 0.15) is 0 Å². The highest BCUT2D eigenvalue weighted by Gasteiger charge is 2.22. The Bertz CT molecular complexity index is 1020. The smallest absolute Gasteiger partial charge is 0.246 e. The molecule has 32 heavy (non-hydrogen) atoms. The molecule has 1 saturated heterocycles. The average Bonchev–Trinajstić information content (AvgIpc) is 3.26. The lowest BCUT2D eigenvalue weighted by Gasteiger charge is -2.33. The first-order chi connectivity index (χ1) is 15.4. The van der Waals surface area contributed by atoms with Crippen LogP contribution in [0.3, 0.4) is 0 Å². The summed E-state index contributed by atoms with van der Waals surface area (Å²) >= 11 is 1.71. The van der Waals surface area contributed by atoms with Gasteiger partial charge in [-0.1, -0.05) is 32.9 Å². The molecule has 1 amide bonds. The molecule has 0 bridgehead atoms. The number of thiazole rings is 1. The molecule has 1 aliphatic heterocycles. The highest BCUT2D eigenvalue weighted by atomic mass is 32.2. The van der Waals surface area contributed by atoms with Gasteiger partial charge in [0.15, 0.2) is 0 Å². The van der Waals surface area contributed by atoms with Crippen molar-refractivity contribution < 1.29 is 13.2 Å². The zero-order valence-electron chi connectivity index (χ0n) is 19.0. The molecule has 1 fully saturated rings. The summed E-state index contributed by atoms with van der Waals surface area (Å²) in [5, 5.41) is 3.29. The van der Waals surface area contributed by atoms with E-state index in [1.165, 1.54) is 4.31 Å². The molecule has 7 nitrogen and oxygen atoms in total. The van der Waals surface area contributed by atoms with Crippen molar-refractivity contribution in [1.29, 1.82) is 0 Å². The van der Waals surface area contributed by atoms with Crippen molar-refractivity contribution in [1.82, 2.24) is 19.1 Å². The molecule has 1 aliphatic rings. The van der Waals surface area contributed by atoms with Crippen LogP contribution in [0.4, 0.5) is 0 Å². The number of aryl methyl sites for hydroxylation is 1. The lowest BCUT2D eigenvalue weighted by molar-refractivity contribution is -0.127. The van der Waals surface area contributed by atoms with Gasteiger partial charge in [-0.05, 0) is 30.2 Å². The molecule has 3 rings (SSSR count). The Kier molecular flexibility index (Phi) is 8.58. The first-order valence-corrected chi connectivity index (χ1v) is 13.4. The monoisotopic (exact) mass is 476 g/mol. The standard InChI is InChI=1S/C23H32N4O3S2/c1-4-22-24-20(18-31-22)17-25-13-15-26(16-14-25)23(28)12-9-19-7-10-21(11-8-19)32(29,30)27(5-2)6-3/h7-12,18H,4-6,13-17H2,1-3H3/b12-9+. The molecule has 0 saturated carbocycles. The minimum Gasteiger partial charge on any atom is -0.337 e. The molecular weight excluding hydrogens is 444 g/mol. The van der Waals surface area contributed by atoms with E-state index in [0.29, 0.717) is 26.2 Å². The van der Waals surface area contributed by atoms with Crippen molar-refractivity contribution in [2.75, 3.05) is 39.3 Å². The zero-order valence-corrected chi connectivity index (χ0v) is 20.7. The summed E-state index contributed by atoms with van der Waals surface area (Å²) in [6.07, 6.45) is 4.27. The van der Waals surface area contributed by atoms with Crippen LogP contribution in [0.15, 0.2) is 40.6 Å². The van der Waals surface area contributed by atoms with E-state index in [0.717, 1.165) is 42.3 Å². The molecule has 0 aliphatic carbocycles. The van der Waals surface area contributed by atoms with E-state index in [9.17, 15) is 13.2 Å². The van der Waals surface area contributed by atoms with Gasteiger partial charge in [-0.2, -0.15) is 4.31 Å². The summed E-state index contributed by atoms with van der Waals surface area (Å²) in [7, 11) is -3.47.